The van der Waals surface area contributed by atoms with Gasteiger partial charge in [-0.1, -0.05) is 0 Å². The highest BCUT2D eigenvalue weighted by atomic mass is 32.2. The zero-order chi connectivity index (χ0) is 8.81. The summed E-state index contributed by atoms with van der Waals surface area (Å²) in [5.74, 6) is 10.00. The van der Waals surface area contributed by atoms with Crippen molar-refractivity contribution >= 4 is 11.8 Å². The van der Waals surface area contributed by atoms with E-state index in [9.17, 15) is 0 Å². The Balaban J connectivity index is 2.36. The van der Waals surface area contributed by atoms with E-state index >= 15 is 0 Å². The summed E-state index contributed by atoms with van der Waals surface area (Å²) < 4.78 is 5.52. The average Bonchev–Trinajstić information content (AvgIpc) is 2.15. The molecule has 0 aliphatic carbocycles. The molecule has 0 amide bonds. The molecule has 3 nitrogen and oxygen atoms in total. The second-order valence-corrected chi connectivity index (χ2v) is 3.82. The van der Waals surface area contributed by atoms with Crippen LogP contribution >= 0.6 is 11.8 Å². The van der Waals surface area contributed by atoms with Crippen LogP contribution in [0.15, 0.2) is 0 Å². The van der Waals surface area contributed by atoms with Gasteiger partial charge in [-0.3, -0.25) is 11.3 Å². The molecule has 1 saturated heterocycles. The summed E-state index contributed by atoms with van der Waals surface area (Å²) in [5.41, 5.74) is 2.69. The van der Waals surface area contributed by atoms with E-state index in [1.54, 1.807) is 0 Å². The van der Waals surface area contributed by atoms with E-state index in [1.807, 2.05) is 11.8 Å². The predicted octanol–water partition coefficient (Wildman–Crippen LogP) is -0.0264. The first-order valence-corrected chi connectivity index (χ1v) is 5.13. The minimum absolute atomic E-state index is 0.0998. The lowest BCUT2D eigenvalue weighted by Gasteiger charge is -2.28. The summed E-state index contributed by atoms with van der Waals surface area (Å²) in [5, 5.41) is 0. The van der Waals surface area contributed by atoms with Gasteiger partial charge in [0.25, 0.3) is 0 Å². The van der Waals surface area contributed by atoms with Gasteiger partial charge in [0.1, 0.15) is 0 Å². The molecular formula is C8H14N2OS. The van der Waals surface area contributed by atoms with E-state index < -0.39 is 0 Å². The van der Waals surface area contributed by atoms with Crippen LogP contribution in [0.1, 0.15) is 6.42 Å². The van der Waals surface area contributed by atoms with Crippen LogP contribution in [0.5, 0.6) is 0 Å². The molecule has 1 fully saturated rings. The number of thioether (sulfide) groups is 1. The zero-order valence-electron chi connectivity index (χ0n) is 6.95. The van der Waals surface area contributed by atoms with Gasteiger partial charge < -0.3 is 4.74 Å². The number of hydrogen-bond acceptors (Lipinski definition) is 4. The molecule has 1 heterocycles. The monoisotopic (exact) mass is 186 g/mol. The van der Waals surface area contributed by atoms with Gasteiger partial charge in [0, 0.05) is 17.9 Å². The fourth-order valence-electron chi connectivity index (χ4n) is 1.16. The zero-order valence-corrected chi connectivity index (χ0v) is 7.77. The summed E-state index contributed by atoms with van der Waals surface area (Å²) in [6.45, 7) is 0.804. The van der Waals surface area contributed by atoms with Gasteiger partial charge in [-0.25, -0.2) is 0 Å². The molecule has 68 valence electrons. The first-order chi connectivity index (χ1) is 5.88. The minimum Gasteiger partial charge on any atom is -0.375 e. The third-order valence-corrected chi connectivity index (χ3v) is 2.86. The molecule has 4 heteroatoms. The number of nitrogens with one attached hydrogen (secondary N) is 1. The number of ether oxygens (including phenoxy) is 1. The van der Waals surface area contributed by atoms with Crippen molar-refractivity contribution in [2.75, 3.05) is 18.1 Å². The molecule has 1 aliphatic heterocycles. The molecule has 2 atom stereocenters. The molecule has 0 aromatic heterocycles. The highest BCUT2D eigenvalue weighted by Gasteiger charge is 2.22. The largest absolute Gasteiger partial charge is 0.375 e. The highest BCUT2D eigenvalue weighted by molar-refractivity contribution is 7.99. The Bertz CT molecular complexity index is 163. The van der Waals surface area contributed by atoms with E-state index in [4.69, 9.17) is 17.0 Å². The third-order valence-electron chi connectivity index (χ3n) is 1.84. The number of hydrogen-bond donors (Lipinski definition) is 2. The molecule has 1 rings (SSSR count). The normalized spacial score (nSPS) is 26.2. The van der Waals surface area contributed by atoms with Crippen LogP contribution in [0.2, 0.25) is 0 Å². The van der Waals surface area contributed by atoms with Crippen molar-refractivity contribution in [3.8, 4) is 12.3 Å². The summed E-state index contributed by atoms with van der Waals surface area (Å²) in [6.07, 6.45) is 6.00. The van der Waals surface area contributed by atoms with Crippen molar-refractivity contribution < 1.29 is 4.74 Å². The van der Waals surface area contributed by atoms with Crippen molar-refractivity contribution in [1.29, 1.82) is 0 Å². The molecule has 0 aromatic carbocycles. The van der Waals surface area contributed by atoms with E-state index in [2.05, 4.69) is 11.3 Å². The highest BCUT2D eigenvalue weighted by Crippen LogP contribution is 2.16. The molecule has 1 aliphatic rings. The molecule has 3 N–H and O–H groups in total. The van der Waals surface area contributed by atoms with Gasteiger partial charge in [0.05, 0.1) is 18.8 Å². The maximum absolute atomic E-state index is 5.52. The van der Waals surface area contributed by atoms with Gasteiger partial charge in [0.2, 0.25) is 0 Å². The Morgan fingerprint density at radius 2 is 2.67 bits per heavy atom. The maximum atomic E-state index is 5.52. The Labute approximate surface area is 77.4 Å². The van der Waals surface area contributed by atoms with Crippen LogP contribution < -0.4 is 11.3 Å². The summed E-state index contributed by atoms with van der Waals surface area (Å²) >= 11 is 1.88. The van der Waals surface area contributed by atoms with Crippen molar-refractivity contribution in [2.45, 2.75) is 18.6 Å². The second-order valence-electron chi connectivity index (χ2n) is 2.67. The van der Waals surface area contributed by atoms with Crippen LogP contribution in [0.25, 0.3) is 0 Å². The predicted molar refractivity (Wildman–Crippen MR) is 51.6 cm³/mol. The van der Waals surface area contributed by atoms with Gasteiger partial charge in [-0.15, -0.1) is 12.3 Å². The van der Waals surface area contributed by atoms with E-state index in [-0.39, 0.29) is 12.1 Å². The Morgan fingerprint density at radius 1 is 1.83 bits per heavy atom. The van der Waals surface area contributed by atoms with Gasteiger partial charge in [-0.2, -0.15) is 11.8 Å². The SMILES string of the molecule is C#CCC(NN)C1CSCCO1. The number of rotatable bonds is 3. The molecule has 0 radical (unpaired) electrons. The Kier molecular flexibility index (Phi) is 4.48. The summed E-state index contributed by atoms with van der Waals surface area (Å²) in [7, 11) is 0. The lowest BCUT2D eigenvalue weighted by atomic mass is 10.1. The summed E-state index contributed by atoms with van der Waals surface area (Å²) in [4.78, 5) is 0. The second kappa shape index (κ2) is 5.44. The molecule has 12 heavy (non-hydrogen) atoms. The van der Waals surface area contributed by atoms with Crippen molar-refractivity contribution in [3.05, 3.63) is 0 Å². The standard InChI is InChI=1S/C8H14N2OS/c1-2-3-7(10-9)8-6-12-5-4-11-8/h1,7-8,10H,3-6,9H2. The minimum atomic E-state index is 0.0998. The molecule has 0 aromatic rings. The van der Waals surface area contributed by atoms with Gasteiger partial charge in [-0.05, 0) is 0 Å². The molecule has 0 saturated carbocycles. The Morgan fingerprint density at radius 3 is 3.17 bits per heavy atom. The first-order valence-electron chi connectivity index (χ1n) is 3.97. The fourth-order valence-corrected chi connectivity index (χ4v) is 2.10. The summed E-state index contributed by atoms with van der Waals surface area (Å²) in [6, 6.07) is 0.0998. The van der Waals surface area contributed by atoms with Crippen LogP contribution in [0.4, 0.5) is 0 Å². The van der Waals surface area contributed by atoms with Crippen LogP contribution in [-0.2, 0) is 4.74 Å². The fraction of sp³-hybridized carbons (Fsp3) is 0.750. The maximum Gasteiger partial charge on any atom is 0.0841 e. The van der Waals surface area contributed by atoms with Gasteiger partial charge >= 0.3 is 0 Å². The Hall–Kier alpha value is -0.210. The lowest BCUT2D eigenvalue weighted by molar-refractivity contribution is 0.0484. The van der Waals surface area contributed by atoms with Crippen LogP contribution in [0, 0.1) is 12.3 Å². The van der Waals surface area contributed by atoms with E-state index in [1.165, 1.54) is 0 Å². The third kappa shape index (κ3) is 2.68. The number of terminal acetylenes is 1. The molecule has 2 unspecified atom stereocenters. The number of nitrogens with two attached hydrogens (primary N) is 1. The quantitative estimate of drug-likeness (QED) is 0.369. The van der Waals surface area contributed by atoms with Crippen molar-refractivity contribution in [1.82, 2.24) is 5.43 Å². The van der Waals surface area contributed by atoms with Gasteiger partial charge in [0.15, 0.2) is 0 Å². The van der Waals surface area contributed by atoms with Crippen LogP contribution in [-0.4, -0.2) is 30.3 Å². The molecule has 0 spiro atoms. The first kappa shape index (κ1) is 9.87. The smallest absolute Gasteiger partial charge is 0.0841 e. The van der Waals surface area contributed by atoms with E-state index in [0.29, 0.717) is 6.42 Å². The van der Waals surface area contributed by atoms with E-state index in [0.717, 1.165) is 18.1 Å². The molecular weight excluding hydrogens is 172 g/mol. The lowest BCUT2D eigenvalue weighted by Crippen LogP contribution is -2.47. The average molecular weight is 186 g/mol. The number of hydrazine groups is 1. The topological polar surface area (TPSA) is 47.3 Å². The van der Waals surface area contributed by atoms with Crippen molar-refractivity contribution in [2.24, 2.45) is 5.84 Å². The van der Waals surface area contributed by atoms with Crippen LogP contribution in [0.3, 0.4) is 0 Å². The van der Waals surface area contributed by atoms with Crippen molar-refractivity contribution in [3.63, 3.8) is 0 Å². The molecule has 0 bridgehead atoms.